The van der Waals surface area contributed by atoms with Crippen molar-refractivity contribution in [1.29, 1.82) is 0 Å². The van der Waals surface area contributed by atoms with E-state index in [-0.39, 0.29) is 5.94 Å². The Morgan fingerprint density at radius 3 is 2.54 bits per heavy atom. The van der Waals surface area contributed by atoms with E-state index in [1.165, 1.54) is 32.1 Å². The van der Waals surface area contributed by atoms with E-state index < -0.39 is 7.12 Å². The van der Waals surface area contributed by atoms with Gasteiger partial charge >= 0.3 is 7.12 Å². The van der Waals surface area contributed by atoms with Crippen LogP contribution in [0, 0.1) is 5.92 Å². The van der Waals surface area contributed by atoms with E-state index in [0.717, 1.165) is 12.3 Å². The van der Waals surface area contributed by atoms with Crippen molar-refractivity contribution >= 4 is 7.12 Å². The Morgan fingerprint density at radius 1 is 1.00 bits per heavy atom. The molecule has 0 amide bonds. The van der Waals surface area contributed by atoms with Gasteiger partial charge in [-0.05, 0) is 31.6 Å². The summed E-state index contributed by atoms with van der Waals surface area (Å²) in [5.41, 5.74) is 0. The van der Waals surface area contributed by atoms with E-state index in [9.17, 15) is 0 Å². The molecule has 2 rings (SSSR count). The molecule has 1 aliphatic heterocycles. The number of hydrogen-bond acceptors (Lipinski definition) is 3. The number of hydrogen-bond donors (Lipinski definition) is 3. The molecule has 3 unspecified atom stereocenters. The number of nitrogens with one attached hydrogen (secondary N) is 1. The molecule has 13 heavy (non-hydrogen) atoms. The van der Waals surface area contributed by atoms with Crippen molar-refractivity contribution in [2.75, 3.05) is 0 Å². The zero-order chi connectivity index (χ0) is 9.26. The molecule has 3 nitrogen and oxygen atoms in total. The fourth-order valence-corrected chi connectivity index (χ4v) is 2.76. The summed E-state index contributed by atoms with van der Waals surface area (Å²) in [6.07, 6.45) is 7.27. The van der Waals surface area contributed by atoms with E-state index in [0.29, 0.717) is 6.04 Å². The van der Waals surface area contributed by atoms with Gasteiger partial charge in [-0.15, -0.1) is 0 Å². The molecule has 4 heteroatoms. The van der Waals surface area contributed by atoms with E-state index in [4.69, 9.17) is 10.0 Å². The lowest BCUT2D eigenvalue weighted by Crippen LogP contribution is -2.55. The second kappa shape index (κ2) is 3.99. The van der Waals surface area contributed by atoms with Crippen molar-refractivity contribution in [3.63, 3.8) is 0 Å². The highest BCUT2D eigenvalue weighted by Gasteiger charge is 2.35. The molecule has 0 radical (unpaired) electrons. The van der Waals surface area contributed by atoms with Crippen LogP contribution < -0.4 is 5.32 Å². The van der Waals surface area contributed by atoms with Crippen LogP contribution in [0.2, 0.25) is 0 Å². The van der Waals surface area contributed by atoms with Crippen LogP contribution in [0.5, 0.6) is 0 Å². The summed E-state index contributed by atoms with van der Waals surface area (Å²) in [5, 5.41) is 21.5. The third-order valence-corrected chi connectivity index (χ3v) is 3.55. The molecule has 0 aromatic rings. The zero-order valence-corrected chi connectivity index (χ0v) is 7.95. The lowest BCUT2D eigenvalue weighted by Gasteiger charge is -2.40. The van der Waals surface area contributed by atoms with Gasteiger partial charge in [-0.25, -0.2) is 0 Å². The van der Waals surface area contributed by atoms with Gasteiger partial charge in [-0.1, -0.05) is 12.8 Å². The van der Waals surface area contributed by atoms with E-state index in [1.54, 1.807) is 0 Å². The third-order valence-electron chi connectivity index (χ3n) is 3.55. The first-order valence-electron chi connectivity index (χ1n) is 5.39. The van der Waals surface area contributed by atoms with Crippen molar-refractivity contribution in [2.24, 2.45) is 5.92 Å². The Bertz CT molecular complexity index is 177. The van der Waals surface area contributed by atoms with Crippen molar-refractivity contribution in [3.8, 4) is 0 Å². The van der Waals surface area contributed by atoms with Crippen LogP contribution in [0.25, 0.3) is 0 Å². The fourth-order valence-electron chi connectivity index (χ4n) is 2.76. The minimum atomic E-state index is -1.18. The van der Waals surface area contributed by atoms with Crippen LogP contribution >= 0.6 is 0 Å². The maximum atomic E-state index is 9.06. The van der Waals surface area contributed by atoms with Gasteiger partial charge in [0.1, 0.15) is 0 Å². The molecule has 0 aromatic carbocycles. The number of piperidine rings is 1. The normalized spacial score (nSPS) is 39.7. The zero-order valence-electron chi connectivity index (χ0n) is 7.95. The smallest absolute Gasteiger partial charge is 0.426 e. The molecule has 1 heterocycles. The number of fused-ring (bicyclic) bond motifs is 1. The van der Waals surface area contributed by atoms with Crippen molar-refractivity contribution in [3.05, 3.63) is 0 Å². The van der Waals surface area contributed by atoms with Gasteiger partial charge in [0.05, 0.1) is 0 Å². The summed E-state index contributed by atoms with van der Waals surface area (Å²) < 4.78 is 0. The standard InChI is InChI=1S/C9H18BNO2/c12-10(13)9-6-5-7-3-1-2-4-8(7)11-9/h7-9,11-13H,1-6H2. The Kier molecular flexibility index (Phi) is 2.91. The fraction of sp³-hybridized carbons (Fsp3) is 1.00. The van der Waals surface area contributed by atoms with E-state index in [2.05, 4.69) is 5.32 Å². The molecular formula is C9H18BNO2. The molecule has 1 aliphatic carbocycles. The Balaban J connectivity index is 1.91. The highest BCUT2D eigenvalue weighted by Crippen LogP contribution is 2.32. The summed E-state index contributed by atoms with van der Waals surface area (Å²) in [4.78, 5) is 0. The van der Waals surface area contributed by atoms with Crippen molar-refractivity contribution in [1.82, 2.24) is 5.32 Å². The summed E-state index contributed by atoms with van der Waals surface area (Å²) >= 11 is 0. The predicted molar refractivity (Wildman–Crippen MR) is 52.1 cm³/mol. The van der Waals surface area contributed by atoms with Gasteiger partial charge in [-0.3, -0.25) is 0 Å². The molecular weight excluding hydrogens is 165 g/mol. The molecule has 3 N–H and O–H groups in total. The Morgan fingerprint density at radius 2 is 1.77 bits per heavy atom. The van der Waals surface area contributed by atoms with Crippen LogP contribution in [0.3, 0.4) is 0 Å². The first-order valence-corrected chi connectivity index (χ1v) is 5.39. The van der Waals surface area contributed by atoms with E-state index in [1.807, 2.05) is 0 Å². The number of rotatable bonds is 1. The minimum absolute atomic E-state index is 0.0839. The van der Waals surface area contributed by atoms with Gasteiger partial charge in [0.15, 0.2) is 0 Å². The van der Waals surface area contributed by atoms with Crippen LogP contribution in [-0.2, 0) is 0 Å². The molecule has 74 valence electrons. The predicted octanol–water partition coefficient (Wildman–Crippen LogP) is 0.309. The van der Waals surface area contributed by atoms with Crippen molar-refractivity contribution in [2.45, 2.75) is 50.5 Å². The summed E-state index contributed by atoms with van der Waals surface area (Å²) in [5.74, 6) is 0.711. The molecule has 3 atom stereocenters. The molecule has 1 saturated heterocycles. The summed E-state index contributed by atoms with van der Waals surface area (Å²) in [6, 6.07) is 0.550. The average molecular weight is 183 g/mol. The van der Waals surface area contributed by atoms with Gasteiger partial charge < -0.3 is 15.4 Å². The second-order valence-corrected chi connectivity index (χ2v) is 4.42. The second-order valence-electron chi connectivity index (χ2n) is 4.42. The lowest BCUT2D eigenvalue weighted by molar-refractivity contribution is 0.184. The topological polar surface area (TPSA) is 52.5 Å². The highest BCUT2D eigenvalue weighted by atomic mass is 16.4. The monoisotopic (exact) mass is 183 g/mol. The lowest BCUT2D eigenvalue weighted by atomic mass is 9.68. The Labute approximate surface area is 79.7 Å². The largest absolute Gasteiger partial charge is 0.469 e. The van der Waals surface area contributed by atoms with Crippen LogP contribution in [0.1, 0.15) is 38.5 Å². The van der Waals surface area contributed by atoms with Gasteiger partial charge in [0.2, 0.25) is 0 Å². The molecule has 2 aliphatic rings. The van der Waals surface area contributed by atoms with Crippen LogP contribution in [-0.4, -0.2) is 29.1 Å². The minimum Gasteiger partial charge on any atom is -0.426 e. The molecule has 0 aromatic heterocycles. The van der Waals surface area contributed by atoms with Crippen LogP contribution in [0.4, 0.5) is 0 Å². The quantitative estimate of drug-likeness (QED) is 0.513. The average Bonchev–Trinajstić information content (AvgIpc) is 2.17. The molecule has 0 spiro atoms. The maximum absolute atomic E-state index is 9.06. The first-order chi connectivity index (χ1) is 6.27. The van der Waals surface area contributed by atoms with Crippen LogP contribution in [0.15, 0.2) is 0 Å². The van der Waals surface area contributed by atoms with Gasteiger partial charge in [0.25, 0.3) is 0 Å². The maximum Gasteiger partial charge on any atom is 0.469 e. The van der Waals surface area contributed by atoms with Gasteiger partial charge in [-0.2, -0.15) is 0 Å². The molecule has 2 fully saturated rings. The SMILES string of the molecule is OB(O)C1CCC2CCCCC2N1. The van der Waals surface area contributed by atoms with E-state index >= 15 is 0 Å². The molecule has 1 saturated carbocycles. The van der Waals surface area contributed by atoms with Crippen molar-refractivity contribution < 1.29 is 10.0 Å². The highest BCUT2D eigenvalue weighted by molar-refractivity contribution is 6.43. The van der Waals surface area contributed by atoms with Gasteiger partial charge in [0, 0.05) is 12.0 Å². The summed E-state index contributed by atoms with van der Waals surface area (Å²) in [6.45, 7) is 0. The Hall–Kier alpha value is -0.0551. The molecule has 0 bridgehead atoms. The third kappa shape index (κ3) is 2.06. The first kappa shape index (κ1) is 9.50. The summed E-state index contributed by atoms with van der Waals surface area (Å²) in [7, 11) is -1.18.